The highest BCUT2D eigenvalue weighted by atomic mass is 35.6. The summed E-state index contributed by atoms with van der Waals surface area (Å²) in [6, 6.07) is 19.2. The van der Waals surface area contributed by atoms with Crippen molar-refractivity contribution in [2.75, 3.05) is 13.2 Å². The fourth-order valence-corrected chi connectivity index (χ4v) is 4.05. The van der Waals surface area contributed by atoms with Crippen LogP contribution in [0, 0.1) is 5.41 Å². The van der Waals surface area contributed by atoms with Crippen LogP contribution in [0.3, 0.4) is 0 Å². The Morgan fingerprint density at radius 1 is 1.00 bits per heavy atom. The Morgan fingerprint density at radius 3 is 2.34 bits per heavy atom. The lowest BCUT2D eigenvalue weighted by Gasteiger charge is -2.48. The molecule has 10 heteroatoms. The quantitative estimate of drug-likeness (QED) is 0.210. The SMILES string of the molecule is C=CCO[C@@H]1[C@H](OCc2ccccc2)[C@@H](OC(=N)C(Cl)(Cl)Cl)O[C@@H]2CO[C@@H](c3ccccc3)O[C@@H]12. The Morgan fingerprint density at radius 2 is 1.69 bits per heavy atom. The summed E-state index contributed by atoms with van der Waals surface area (Å²) >= 11 is 17.6. The molecule has 6 atom stereocenters. The zero-order valence-corrected chi connectivity index (χ0v) is 21.0. The molecule has 2 saturated heterocycles. The predicted molar refractivity (Wildman–Crippen MR) is 133 cm³/mol. The van der Waals surface area contributed by atoms with Gasteiger partial charge in [-0.05, 0) is 5.56 Å². The molecule has 2 aromatic carbocycles. The van der Waals surface area contributed by atoms with Gasteiger partial charge in [-0.2, -0.15) is 0 Å². The summed E-state index contributed by atoms with van der Waals surface area (Å²) < 4.78 is 34.3. The van der Waals surface area contributed by atoms with Crippen molar-refractivity contribution in [3.8, 4) is 0 Å². The Labute approximate surface area is 219 Å². The highest BCUT2D eigenvalue weighted by molar-refractivity contribution is 6.76. The average molecular weight is 543 g/mol. The molecule has 0 spiro atoms. The maximum atomic E-state index is 8.07. The number of ether oxygens (including phenoxy) is 6. The summed E-state index contributed by atoms with van der Waals surface area (Å²) in [4.78, 5) is 0. The topological polar surface area (TPSA) is 79.2 Å². The molecule has 2 aliphatic heterocycles. The van der Waals surface area contributed by atoms with Crippen molar-refractivity contribution in [2.45, 2.75) is 47.4 Å². The van der Waals surface area contributed by atoms with Crippen molar-refractivity contribution in [1.82, 2.24) is 0 Å². The third-order valence-electron chi connectivity index (χ3n) is 5.54. The van der Waals surface area contributed by atoms with E-state index in [1.807, 2.05) is 60.7 Å². The van der Waals surface area contributed by atoms with E-state index >= 15 is 0 Å². The Kier molecular flexibility index (Phi) is 9.07. The fourth-order valence-electron chi connectivity index (χ4n) is 3.92. The van der Waals surface area contributed by atoms with Gasteiger partial charge < -0.3 is 28.4 Å². The van der Waals surface area contributed by atoms with E-state index in [1.165, 1.54) is 0 Å². The summed E-state index contributed by atoms with van der Waals surface area (Å²) in [5.41, 5.74) is 1.80. The van der Waals surface area contributed by atoms with Crippen LogP contribution < -0.4 is 0 Å². The first kappa shape index (κ1) is 26.4. The second kappa shape index (κ2) is 12.0. The normalized spacial score (nSPS) is 28.7. The van der Waals surface area contributed by atoms with E-state index in [0.717, 1.165) is 11.1 Å². The van der Waals surface area contributed by atoms with E-state index in [9.17, 15) is 0 Å². The first-order valence-electron chi connectivity index (χ1n) is 11.0. The molecule has 0 unspecified atom stereocenters. The zero-order valence-electron chi connectivity index (χ0n) is 18.7. The lowest BCUT2D eigenvalue weighted by molar-refractivity contribution is -0.361. The van der Waals surface area contributed by atoms with Gasteiger partial charge in [0, 0.05) is 5.56 Å². The number of alkyl halides is 3. The molecule has 0 aliphatic carbocycles. The number of nitrogens with one attached hydrogen (secondary N) is 1. The van der Waals surface area contributed by atoms with Crippen LogP contribution in [0.25, 0.3) is 0 Å². The highest BCUT2D eigenvalue weighted by Gasteiger charge is 2.53. The molecule has 0 bridgehead atoms. The van der Waals surface area contributed by atoms with Crippen LogP contribution in [0.1, 0.15) is 17.4 Å². The Bertz CT molecular complexity index is 974. The molecular weight excluding hydrogens is 517 g/mol. The molecule has 7 nitrogen and oxygen atoms in total. The van der Waals surface area contributed by atoms with Gasteiger partial charge >= 0.3 is 0 Å². The minimum atomic E-state index is -2.07. The average Bonchev–Trinajstić information content (AvgIpc) is 2.86. The van der Waals surface area contributed by atoms with Crippen LogP contribution >= 0.6 is 34.8 Å². The molecule has 2 aromatic rings. The number of rotatable bonds is 8. The summed E-state index contributed by atoms with van der Waals surface area (Å²) in [6.07, 6.45) is -2.70. The van der Waals surface area contributed by atoms with Gasteiger partial charge in [-0.15, -0.1) is 6.58 Å². The molecule has 0 aromatic heterocycles. The minimum Gasteiger partial charge on any atom is -0.445 e. The molecule has 2 aliphatic rings. The van der Waals surface area contributed by atoms with Gasteiger partial charge in [-0.1, -0.05) is 102 Å². The second-order valence-corrected chi connectivity index (χ2v) is 10.3. The smallest absolute Gasteiger partial charge is 0.265 e. The summed E-state index contributed by atoms with van der Waals surface area (Å²) in [5.74, 6) is -0.596. The zero-order chi connectivity index (χ0) is 24.8. The molecule has 0 radical (unpaired) electrons. The number of halogens is 3. The molecule has 2 heterocycles. The molecule has 188 valence electrons. The molecule has 35 heavy (non-hydrogen) atoms. The lowest BCUT2D eigenvalue weighted by Crippen LogP contribution is -2.64. The van der Waals surface area contributed by atoms with Crippen molar-refractivity contribution >= 4 is 40.7 Å². The molecular formula is C25H26Cl3NO6. The first-order chi connectivity index (χ1) is 16.9. The van der Waals surface area contributed by atoms with Crippen LogP contribution in [0.15, 0.2) is 73.3 Å². The molecule has 0 amide bonds. The van der Waals surface area contributed by atoms with Gasteiger partial charge in [0.25, 0.3) is 3.79 Å². The third kappa shape index (κ3) is 6.76. The standard InChI is InChI=1S/C25H26Cl3NO6/c1-2-13-30-20-19-18(15-32-22(34-19)17-11-7-4-8-12-17)33-23(35-24(29)25(26,27)28)21(20)31-14-16-9-5-3-6-10-16/h2-12,18-23,29H,1,13-15H2/t18-,19-,20+,21+,22-,23-/m1/s1. The van der Waals surface area contributed by atoms with E-state index in [2.05, 4.69) is 6.58 Å². The summed E-state index contributed by atoms with van der Waals surface area (Å²) in [6.45, 7) is 4.41. The first-order valence-corrected chi connectivity index (χ1v) is 12.2. The van der Waals surface area contributed by atoms with Gasteiger partial charge in [0.2, 0.25) is 12.2 Å². The Balaban J connectivity index is 1.60. The minimum absolute atomic E-state index is 0.199. The van der Waals surface area contributed by atoms with Crippen LogP contribution in [0.2, 0.25) is 0 Å². The van der Waals surface area contributed by atoms with Crippen molar-refractivity contribution < 1.29 is 28.4 Å². The number of fused-ring (bicyclic) bond motifs is 1. The van der Waals surface area contributed by atoms with E-state index in [4.69, 9.17) is 68.6 Å². The van der Waals surface area contributed by atoms with Crippen LogP contribution in [0.4, 0.5) is 0 Å². The van der Waals surface area contributed by atoms with Crippen LogP contribution in [-0.2, 0) is 35.0 Å². The maximum Gasteiger partial charge on any atom is 0.265 e. The van der Waals surface area contributed by atoms with Gasteiger partial charge in [-0.3, -0.25) is 5.41 Å². The van der Waals surface area contributed by atoms with Crippen molar-refractivity contribution in [1.29, 1.82) is 5.41 Å². The largest absolute Gasteiger partial charge is 0.445 e. The van der Waals surface area contributed by atoms with E-state index in [1.54, 1.807) is 6.08 Å². The molecule has 2 fully saturated rings. The summed E-state index contributed by atoms with van der Waals surface area (Å²) in [7, 11) is 0. The number of benzene rings is 2. The summed E-state index contributed by atoms with van der Waals surface area (Å²) in [5, 5.41) is 8.07. The van der Waals surface area contributed by atoms with E-state index in [0.29, 0.717) is 0 Å². The maximum absolute atomic E-state index is 8.07. The van der Waals surface area contributed by atoms with Crippen LogP contribution in [0.5, 0.6) is 0 Å². The van der Waals surface area contributed by atoms with Crippen molar-refractivity contribution in [2.24, 2.45) is 0 Å². The van der Waals surface area contributed by atoms with Crippen molar-refractivity contribution in [3.05, 3.63) is 84.4 Å². The van der Waals surface area contributed by atoms with Gasteiger partial charge in [0.1, 0.15) is 24.4 Å². The lowest BCUT2D eigenvalue weighted by atomic mass is 9.97. The van der Waals surface area contributed by atoms with Gasteiger partial charge in [-0.25, -0.2) is 0 Å². The molecule has 4 rings (SSSR count). The highest BCUT2D eigenvalue weighted by Crippen LogP contribution is 2.38. The third-order valence-corrected chi connectivity index (χ3v) is 6.05. The van der Waals surface area contributed by atoms with E-state index < -0.39 is 46.7 Å². The second-order valence-electron chi connectivity index (χ2n) is 8.01. The number of hydrogen-bond donors (Lipinski definition) is 1. The fraction of sp³-hybridized carbons (Fsp3) is 0.400. The number of hydrogen-bond acceptors (Lipinski definition) is 7. The van der Waals surface area contributed by atoms with Gasteiger partial charge in [0.05, 0.1) is 19.8 Å². The van der Waals surface area contributed by atoms with Crippen molar-refractivity contribution in [3.63, 3.8) is 0 Å². The predicted octanol–water partition coefficient (Wildman–Crippen LogP) is 5.35. The van der Waals surface area contributed by atoms with E-state index in [-0.39, 0.29) is 19.8 Å². The monoisotopic (exact) mass is 541 g/mol. The van der Waals surface area contributed by atoms with Crippen LogP contribution in [-0.4, -0.2) is 53.6 Å². The Hall–Kier alpha value is -1.68. The molecule has 1 N–H and O–H groups in total. The van der Waals surface area contributed by atoms with Gasteiger partial charge in [0.15, 0.2) is 6.29 Å². The molecule has 0 saturated carbocycles.